The molecule has 2 aliphatic rings. The van der Waals surface area contributed by atoms with E-state index in [0.29, 0.717) is 5.54 Å². The molecule has 11 heavy (non-hydrogen) atoms. The van der Waals surface area contributed by atoms with Crippen LogP contribution in [0.15, 0.2) is 0 Å². The lowest BCUT2D eigenvalue weighted by molar-refractivity contribution is -0.00742. The summed E-state index contributed by atoms with van der Waals surface area (Å²) >= 11 is 0. The molecule has 2 unspecified atom stereocenters. The van der Waals surface area contributed by atoms with Crippen LogP contribution >= 0.6 is 0 Å². The monoisotopic (exact) mass is 153 g/mol. The van der Waals surface area contributed by atoms with Gasteiger partial charge in [-0.3, -0.25) is 0 Å². The van der Waals surface area contributed by atoms with E-state index in [1.54, 1.807) is 0 Å². The fourth-order valence-electron chi connectivity index (χ4n) is 3.30. The van der Waals surface area contributed by atoms with Crippen LogP contribution in [0, 0.1) is 11.8 Å². The zero-order valence-electron chi connectivity index (χ0n) is 7.93. The summed E-state index contributed by atoms with van der Waals surface area (Å²) in [6.07, 6.45) is 4.39. The Morgan fingerprint density at radius 3 is 2.36 bits per heavy atom. The van der Waals surface area contributed by atoms with Crippen molar-refractivity contribution in [2.75, 3.05) is 13.6 Å². The van der Waals surface area contributed by atoms with Crippen LogP contribution in [-0.2, 0) is 0 Å². The topological polar surface area (TPSA) is 3.24 Å². The fourth-order valence-corrected chi connectivity index (χ4v) is 3.30. The Bertz CT molecular complexity index is 156. The third kappa shape index (κ3) is 0.752. The van der Waals surface area contributed by atoms with Crippen LogP contribution in [0.4, 0.5) is 0 Å². The molecular formula is C10H19N. The first-order valence-corrected chi connectivity index (χ1v) is 4.89. The molecule has 1 heteroatoms. The smallest absolute Gasteiger partial charge is 0.0258 e. The third-order valence-corrected chi connectivity index (χ3v) is 4.12. The average Bonchev–Trinajstić information content (AvgIpc) is 2.04. The van der Waals surface area contributed by atoms with Gasteiger partial charge in [-0.2, -0.15) is 0 Å². The molecule has 1 saturated heterocycles. The first kappa shape index (κ1) is 7.60. The molecule has 0 amide bonds. The first-order valence-electron chi connectivity index (χ1n) is 4.89. The number of hydrogen-bond acceptors (Lipinski definition) is 1. The number of fused-ring (bicyclic) bond motifs is 1. The quantitative estimate of drug-likeness (QED) is 0.558. The molecule has 0 aromatic carbocycles. The molecule has 1 aliphatic heterocycles. The highest BCUT2D eigenvalue weighted by Crippen LogP contribution is 2.53. The van der Waals surface area contributed by atoms with Crippen LogP contribution in [0.1, 0.15) is 33.1 Å². The molecule has 1 heterocycles. The lowest BCUT2D eigenvalue weighted by Crippen LogP contribution is -2.56. The highest BCUT2D eigenvalue weighted by molar-refractivity contribution is 5.09. The van der Waals surface area contributed by atoms with Crippen LogP contribution in [-0.4, -0.2) is 24.0 Å². The molecule has 0 radical (unpaired) electrons. The van der Waals surface area contributed by atoms with Gasteiger partial charge in [-0.1, -0.05) is 13.8 Å². The summed E-state index contributed by atoms with van der Waals surface area (Å²) in [5, 5.41) is 0. The highest BCUT2D eigenvalue weighted by atomic mass is 15.2. The average molecular weight is 153 g/mol. The lowest BCUT2D eigenvalue weighted by Gasteiger charge is -2.52. The Balaban J connectivity index is 2.21. The summed E-state index contributed by atoms with van der Waals surface area (Å²) in [5.74, 6) is 1.89. The van der Waals surface area contributed by atoms with Gasteiger partial charge in [0, 0.05) is 5.54 Å². The second kappa shape index (κ2) is 2.22. The van der Waals surface area contributed by atoms with Crippen molar-refractivity contribution in [3.05, 3.63) is 0 Å². The van der Waals surface area contributed by atoms with E-state index in [9.17, 15) is 0 Å². The summed E-state index contributed by atoms with van der Waals surface area (Å²) < 4.78 is 0. The van der Waals surface area contributed by atoms with Crippen molar-refractivity contribution in [3.8, 4) is 0 Å². The number of likely N-dealkylation sites (tertiary alicyclic amines) is 1. The van der Waals surface area contributed by atoms with E-state index in [1.807, 2.05) is 0 Å². The molecule has 1 saturated carbocycles. The third-order valence-electron chi connectivity index (χ3n) is 4.12. The molecule has 0 bridgehead atoms. The Kier molecular flexibility index (Phi) is 1.54. The van der Waals surface area contributed by atoms with Gasteiger partial charge in [0.05, 0.1) is 0 Å². The fraction of sp³-hybridized carbons (Fsp3) is 1.00. The van der Waals surface area contributed by atoms with Gasteiger partial charge in [0.15, 0.2) is 0 Å². The maximum Gasteiger partial charge on any atom is 0.0258 e. The van der Waals surface area contributed by atoms with Crippen molar-refractivity contribution in [1.29, 1.82) is 0 Å². The van der Waals surface area contributed by atoms with E-state index < -0.39 is 0 Å². The van der Waals surface area contributed by atoms with Crippen LogP contribution in [0.3, 0.4) is 0 Å². The van der Waals surface area contributed by atoms with Gasteiger partial charge in [0.1, 0.15) is 0 Å². The van der Waals surface area contributed by atoms with Crippen LogP contribution in [0.25, 0.3) is 0 Å². The SMILES string of the molecule is CC(C)C12CCC1CCN2C. The summed E-state index contributed by atoms with van der Waals surface area (Å²) in [4.78, 5) is 2.60. The second-order valence-corrected chi connectivity index (χ2v) is 4.59. The van der Waals surface area contributed by atoms with E-state index in [2.05, 4.69) is 25.8 Å². The zero-order chi connectivity index (χ0) is 8.06. The van der Waals surface area contributed by atoms with Gasteiger partial charge in [0.25, 0.3) is 0 Å². The molecule has 2 rings (SSSR count). The maximum absolute atomic E-state index is 2.60. The van der Waals surface area contributed by atoms with Gasteiger partial charge >= 0.3 is 0 Å². The van der Waals surface area contributed by atoms with Crippen LogP contribution in [0.5, 0.6) is 0 Å². The van der Waals surface area contributed by atoms with E-state index in [1.165, 1.54) is 25.8 Å². The standard InChI is InChI=1S/C10H19N/c1-8(2)10-6-4-9(10)5-7-11(10)3/h8-9H,4-7H2,1-3H3. The molecule has 1 aliphatic carbocycles. The van der Waals surface area contributed by atoms with Crippen LogP contribution < -0.4 is 0 Å². The maximum atomic E-state index is 2.60. The second-order valence-electron chi connectivity index (χ2n) is 4.59. The van der Waals surface area contributed by atoms with E-state index in [4.69, 9.17) is 0 Å². The lowest BCUT2D eigenvalue weighted by atomic mass is 9.62. The molecule has 64 valence electrons. The van der Waals surface area contributed by atoms with Crippen molar-refractivity contribution in [1.82, 2.24) is 4.90 Å². The van der Waals surface area contributed by atoms with Crippen molar-refractivity contribution >= 4 is 0 Å². The van der Waals surface area contributed by atoms with E-state index in [-0.39, 0.29) is 0 Å². The van der Waals surface area contributed by atoms with Gasteiger partial charge in [-0.05, 0) is 44.7 Å². The number of rotatable bonds is 1. The van der Waals surface area contributed by atoms with Crippen molar-refractivity contribution in [3.63, 3.8) is 0 Å². The Hall–Kier alpha value is -0.0400. The van der Waals surface area contributed by atoms with Crippen molar-refractivity contribution in [2.24, 2.45) is 11.8 Å². The van der Waals surface area contributed by atoms with Crippen molar-refractivity contribution in [2.45, 2.75) is 38.6 Å². The summed E-state index contributed by atoms with van der Waals surface area (Å²) in [5.41, 5.74) is 0.625. The first-order chi connectivity index (χ1) is 5.18. The normalized spacial score (nSPS) is 44.2. The van der Waals surface area contributed by atoms with Gasteiger partial charge in [0.2, 0.25) is 0 Å². The molecular weight excluding hydrogens is 134 g/mol. The van der Waals surface area contributed by atoms with E-state index in [0.717, 1.165) is 11.8 Å². The van der Waals surface area contributed by atoms with Crippen LogP contribution in [0.2, 0.25) is 0 Å². The molecule has 0 N–H and O–H groups in total. The number of nitrogens with zero attached hydrogens (tertiary/aromatic N) is 1. The molecule has 0 spiro atoms. The van der Waals surface area contributed by atoms with Gasteiger partial charge < -0.3 is 4.90 Å². The van der Waals surface area contributed by atoms with Gasteiger partial charge in [-0.25, -0.2) is 0 Å². The Labute approximate surface area is 69.8 Å². The molecule has 0 aromatic rings. The Morgan fingerprint density at radius 2 is 2.09 bits per heavy atom. The number of hydrogen-bond donors (Lipinski definition) is 0. The molecule has 1 nitrogen and oxygen atoms in total. The summed E-state index contributed by atoms with van der Waals surface area (Å²) in [6.45, 7) is 6.10. The minimum atomic E-state index is 0.625. The summed E-state index contributed by atoms with van der Waals surface area (Å²) in [6, 6.07) is 0. The predicted octanol–water partition coefficient (Wildman–Crippen LogP) is 2.13. The van der Waals surface area contributed by atoms with Crippen molar-refractivity contribution < 1.29 is 0 Å². The van der Waals surface area contributed by atoms with E-state index >= 15 is 0 Å². The van der Waals surface area contributed by atoms with Gasteiger partial charge in [-0.15, -0.1) is 0 Å². The Morgan fingerprint density at radius 1 is 1.36 bits per heavy atom. The molecule has 2 atom stereocenters. The molecule has 0 aromatic heterocycles. The minimum absolute atomic E-state index is 0.625. The minimum Gasteiger partial charge on any atom is -0.300 e. The highest BCUT2D eigenvalue weighted by Gasteiger charge is 2.54. The predicted molar refractivity (Wildman–Crippen MR) is 47.5 cm³/mol. The largest absolute Gasteiger partial charge is 0.300 e. The summed E-state index contributed by atoms with van der Waals surface area (Å²) in [7, 11) is 2.30. The molecule has 2 fully saturated rings. The zero-order valence-corrected chi connectivity index (χ0v) is 7.93.